The Morgan fingerprint density at radius 1 is 1.22 bits per heavy atom. The number of fused-ring (bicyclic) bond motifs is 1. The zero-order valence-electron chi connectivity index (χ0n) is 13.1. The van der Waals surface area contributed by atoms with Gasteiger partial charge in [0.1, 0.15) is 5.75 Å². The number of rotatable bonds is 3. The van der Waals surface area contributed by atoms with Crippen LogP contribution in [-0.4, -0.2) is 54.3 Å². The van der Waals surface area contributed by atoms with Crippen molar-refractivity contribution in [2.75, 3.05) is 33.3 Å². The number of hydrogen-bond acceptors (Lipinski definition) is 4. The lowest BCUT2D eigenvalue weighted by molar-refractivity contribution is 0.0782. The van der Waals surface area contributed by atoms with Crippen molar-refractivity contribution >= 4 is 5.91 Å². The third-order valence-electron chi connectivity index (χ3n) is 4.93. The fourth-order valence-electron chi connectivity index (χ4n) is 3.62. The number of H-pyrrole nitrogens is 1. The summed E-state index contributed by atoms with van der Waals surface area (Å²) in [5.41, 5.74) is 2.35. The summed E-state index contributed by atoms with van der Waals surface area (Å²) in [6.07, 6.45) is 1.63. The molecule has 6 heteroatoms. The number of amides is 1. The smallest absolute Gasteiger partial charge is 0.257 e. The first-order valence-corrected chi connectivity index (χ1v) is 7.94. The fraction of sp³-hybridized carbons (Fsp3) is 0.412. The zero-order chi connectivity index (χ0) is 15.8. The summed E-state index contributed by atoms with van der Waals surface area (Å²) in [7, 11) is 1.64. The Hall–Kier alpha value is -2.34. The summed E-state index contributed by atoms with van der Waals surface area (Å²) in [5, 5.41) is 10.5. The number of methoxy groups -OCH3 is 1. The highest BCUT2D eigenvalue weighted by molar-refractivity contribution is 6.00. The van der Waals surface area contributed by atoms with Gasteiger partial charge < -0.3 is 15.0 Å². The first kappa shape index (κ1) is 14.3. The Morgan fingerprint density at radius 2 is 1.91 bits per heavy atom. The molecule has 23 heavy (non-hydrogen) atoms. The molecule has 0 saturated carbocycles. The van der Waals surface area contributed by atoms with Gasteiger partial charge in [-0.3, -0.25) is 9.89 Å². The van der Waals surface area contributed by atoms with E-state index in [9.17, 15) is 4.79 Å². The molecular formula is C17H20N4O2. The molecule has 4 rings (SSSR count). The quantitative estimate of drug-likeness (QED) is 0.898. The highest BCUT2D eigenvalue weighted by atomic mass is 16.5. The van der Waals surface area contributed by atoms with Crippen LogP contribution < -0.4 is 10.1 Å². The first-order chi connectivity index (χ1) is 11.3. The maximum atomic E-state index is 12.9. The van der Waals surface area contributed by atoms with Crippen LogP contribution >= 0.6 is 0 Å². The average molecular weight is 312 g/mol. The molecular weight excluding hydrogens is 292 g/mol. The number of likely N-dealkylation sites (tertiary alicyclic amines) is 1. The number of hydrogen-bond donors (Lipinski definition) is 2. The molecule has 1 aromatic carbocycles. The number of aromatic nitrogens is 2. The van der Waals surface area contributed by atoms with Gasteiger partial charge >= 0.3 is 0 Å². The summed E-state index contributed by atoms with van der Waals surface area (Å²) in [5.74, 6) is 2.05. The predicted molar refractivity (Wildman–Crippen MR) is 86.3 cm³/mol. The van der Waals surface area contributed by atoms with Gasteiger partial charge in [0.25, 0.3) is 5.91 Å². The van der Waals surface area contributed by atoms with Crippen LogP contribution in [0.1, 0.15) is 10.4 Å². The van der Waals surface area contributed by atoms with Gasteiger partial charge in [0.2, 0.25) is 0 Å². The second-order valence-corrected chi connectivity index (χ2v) is 6.28. The number of aromatic amines is 1. The van der Waals surface area contributed by atoms with Gasteiger partial charge in [0, 0.05) is 31.7 Å². The molecule has 2 N–H and O–H groups in total. The molecule has 2 aromatic rings. The fourth-order valence-corrected chi connectivity index (χ4v) is 3.62. The normalized spacial score (nSPS) is 23.1. The largest absolute Gasteiger partial charge is 0.497 e. The van der Waals surface area contributed by atoms with Gasteiger partial charge in [-0.25, -0.2) is 0 Å². The van der Waals surface area contributed by atoms with Gasteiger partial charge in [-0.2, -0.15) is 5.10 Å². The summed E-state index contributed by atoms with van der Waals surface area (Å²) in [6, 6.07) is 7.64. The summed E-state index contributed by atoms with van der Waals surface area (Å²) < 4.78 is 5.18. The van der Waals surface area contributed by atoms with Gasteiger partial charge in [-0.05, 0) is 36.1 Å². The molecule has 0 spiro atoms. The van der Waals surface area contributed by atoms with E-state index in [0.717, 1.165) is 43.2 Å². The standard InChI is InChI=1S/C17H20N4O2/c1-23-14-4-2-11(3-5-14)16-15(8-19-20-16)17(22)21-9-12-6-18-7-13(12)10-21/h2-5,8,12-13,18H,6-7,9-10H2,1H3,(H,19,20)/t12-,13+. The highest BCUT2D eigenvalue weighted by Crippen LogP contribution is 2.30. The van der Waals surface area contributed by atoms with Crippen molar-refractivity contribution in [1.29, 1.82) is 0 Å². The first-order valence-electron chi connectivity index (χ1n) is 7.94. The van der Waals surface area contributed by atoms with E-state index in [2.05, 4.69) is 15.5 Å². The van der Waals surface area contributed by atoms with E-state index in [1.54, 1.807) is 13.3 Å². The summed E-state index contributed by atoms with van der Waals surface area (Å²) >= 11 is 0. The Kier molecular flexibility index (Phi) is 3.53. The minimum atomic E-state index is 0.0685. The second-order valence-electron chi connectivity index (χ2n) is 6.28. The van der Waals surface area contributed by atoms with Crippen LogP contribution in [0.4, 0.5) is 0 Å². The Bertz CT molecular complexity index is 698. The van der Waals surface area contributed by atoms with E-state index in [1.807, 2.05) is 29.2 Å². The number of carbonyl (C=O) groups is 1. The summed E-state index contributed by atoms with van der Waals surface area (Å²) in [6.45, 7) is 3.71. The minimum absolute atomic E-state index is 0.0685. The Labute approximate surface area is 134 Å². The van der Waals surface area contributed by atoms with Crippen LogP contribution in [-0.2, 0) is 0 Å². The van der Waals surface area contributed by atoms with E-state index in [1.165, 1.54) is 0 Å². The van der Waals surface area contributed by atoms with Crippen molar-refractivity contribution in [3.05, 3.63) is 36.0 Å². The number of benzene rings is 1. The predicted octanol–water partition coefficient (Wildman–Crippen LogP) is 1.38. The molecule has 6 nitrogen and oxygen atoms in total. The van der Waals surface area contributed by atoms with Crippen molar-refractivity contribution in [1.82, 2.24) is 20.4 Å². The SMILES string of the molecule is COc1ccc(-c2[nH]ncc2C(=O)N2C[C@H]3CNC[C@H]3C2)cc1. The molecule has 2 aliphatic rings. The van der Waals surface area contributed by atoms with Crippen LogP contribution in [0, 0.1) is 11.8 Å². The van der Waals surface area contributed by atoms with Gasteiger partial charge in [-0.1, -0.05) is 0 Å². The van der Waals surface area contributed by atoms with Gasteiger partial charge in [0.05, 0.1) is 24.6 Å². The molecule has 1 aromatic heterocycles. The molecule has 2 aliphatic heterocycles. The molecule has 0 unspecified atom stereocenters. The molecule has 3 heterocycles. The van der Waals surface area contributed by atoms with E-state index in [-0.39, 0.29) is 5.91 Å². The molecule has 1 amide bonds. The van der Waals surface area contributed by atoms with Crippen LogP contribution in [0.2, 0.25) is 0 Å². The lowest BCUT2D eigenvalue weighted by Gasteiger charge is -2.17. The lowest BCUT2D eigenvalue weighted by Crippen LogP contribution is -2.31. The number of carbonyl (C=O) groups excluding carboxylic acids is 1. The topological polar surface area (TPSA) is 70.2 Å². The van der Waals surface area contributed by atoms with Crippen molar-refractivity contribution in [2.24, 2.45) is 11.8 Å². The molecule has 0 aliphatic carbocycles. The third kappa shape index (κ3) is 2.49. The van der Waals surface area contributed by atoms with Crippen molar-refractivity contribution in [3.63, 3.8) is 0 Å². The van der Waals surface area contributed by atoms with E-state index >= 15 is 0 Å². The molecule has 0 bridgehead atoms. The molecule has 2 atom stereocenters. The second kappa shape index (κ2) is 5.70. The molecule has 2 saturated heterocycles. The Balaban J connectivity index is 1.58. The van der Waals surface area contributed by atoms with Crippen LogP contribution in [0.3, 0.4) is 0 Å². The zero-order valence-corrected chi connectivity index (χ0v) is 13.1. The van der Waals surface area contributed by atoms with Crippen molar-refractivity contribution < 1.29 is 9.53 Å². The molecule has 0 radical (unpaired) electrons. The number of ether oxygens (including phenoxy) is 1. The van der Waals surface area contributed by atoms with E-state index in [4.69, 9.17) is 4.74 Å². The van der Waals surface area contributed by atoms with Crippen LogP contribution in [0.5, 0.6) is 5.75 Å². The number of nitrogens with zero attached hydrogens (tertiary/aromatic N) is 2. The van der Waals surface area contributed by atoms with Crippen LogP contribution in [0.25, 0.3) is 11.3 Å². The molecule has 2 fully saturated rings. The van der Waals surface area contributed by atoms with Gasteiger partial charge in [-0.15, -0.1) is 0 Å². The monoisotopic (exact) mass is 312 g/mol. The molecule has 120 valence electrons. The highest BCUT2D eigenvalue weighted by Gasteiger charge is 2.38. The average Bonchev–Trinajstić information content (AvgIpc) is 3.29. The maximum absolute atomic E-state index is 12.9. The minimum Gasteiger partial charge on any atom is -0.497 e. The number of nitrogens with one attached hydrogen (secondary N) is 2. The summed E-state index contributed by atoms with van der Waals surface area (Å²) in [4.78, 5) is 14.8. The third-order valence-corrected chi connectivity index (χ3v) is 4.93. The Morgan fingerprint density at radius 3 is 2.57 bits per heavy atom. The van der Waals surface area contributed by atoms with E-state index in [0.29, 0.717) is 17.4 Å². The van der Waals surface area contributed by atoms with Crippen molar-refractivity contribution in [3.8, 4) is 17.0 Å². The van der Waals surface area contributed by atoms with Crippen molar-refractivity contribution in [2.45, 2.75) is 0 Å². The van der Waals surface area contributed by atoms with Gasteiger partial charge in [0.15, 0.2) is 0 Å². The van der Waals surface area contributed by atoms with Crippen LogP contribution in [0.15, 0.2) is 30.5 Å². The maximum Gasteiger partial charge on any atom is 0.257 e. The lowest BCUT2D eigenvalue weighted by atomic mass is 10.0. The van der Waals surface area contributed by atoms with E-state index < -0.39 is 0 Å².